The fourth-order valence-corrected chi connectivity index (χ4v) is 2.18. The largest absolute Gasteiger partial charge is 0.371 e. The Morgan fingerprint density at radius 2 is 1.80 bits per heavy atom. The van der Waals surface area contributed by atoms with Crippen LogP contribution in [0.25, 0.3) is 0 Å². The van der Waals surface area contributed by atoms with E-state index in [0.29, 0.717) is 0 Å². The number of para-hydroxylation sites is 1. The minimum absolute atomic E-state index is 0.0409. The molecule has 0 bridgehead atoms. The van der Waals surface area contributed by atoms with Gasteiger partial charge in [-0.1, -0.05) is 18.2 Å². The lowest BCUT2D eigenvalue weighted by atomic mass is 9.90. The Balaban J connectivity index is 2.11. The van der Waals surface area contributed by atoms with Crippen molar-refractivity contribution in [1.29, 1.82) is 0 Å². The molecule has 1 aromatic carbocycles. The highest BCUT2D eigenvalue weighted by molar-refractivity contribution is 5.53. The molecule has 1 fully saturated rings. The van der Waals surface area contributed by atoms with E-state index in [0.717, 1.165) is 25.9 Å². The summed E-state index contributed by atoms with van der Waals surface area (Å²) in [5.41, 5.74) is 8.90. The molecule has 2 heteroatoms. The zero-order valence-corrected chi connectivity index (χ0v) is 9.66. The van der Waals surface area contributed by atoms with Crippen LogP contribution in [-0.2, 0) is 0 Å². The lowest BCUT2D eigenvalue weighted by Crippen LogP contribution is -2.48. The van der Waals surface area contributed by atoms with Crippen molar-refractivity contribution in [2.75, 3.05) is 18.0 Å². The Morgan fingerprint density at radius 3 is 2.40 bits per heavy atom. The first-order chi connectivity index (χ1) is 7.08. The van der Waals surface area contributed by atoms with Crippen LogP contribution in [0.2, 0.25) is 0 Å². The van der Waals surface area contributed by atoms with Crippen molar-refractivity contribution in [1.82, 2.24) is 0 Å². The normalized spacial score (nSPS) is 20.3. The number of piperidine rings is 1. The van der Waals surface area contributed by atoms with Crippen molar-refractivity contribution in [3.63, 3.8) is 0 Å². The number of hydrogen-bond donors (Lipinski definition) is 1. The summed E-state index contributed by atoms with van der Waals surface area (Å²) in [7, 11) is 0. The first-order valence-electron chi connectivity index (χ1n) is 5.68. The van der Waals surface area contributed by atoms with Gasteiger partial charge in [-0.05, 0) is 38.3 Å². The van der Waals surface area contributed by atoms with Crippen LogP contribution in [0.15, 0.2) is 24.3 Å². The SMILES string of the molecule is Cc1ccccc1N1CCC(C)(N)CC1. The van der Waals surface area contributed by atoms with Gasteiger partial charge in [0.25, 0.3) is 0 Å². The molecule has 0 radical (unpaired) electrons. The van der Waals surface area contributed by atoms with E-state index in [-0.39, 0.29) is 5.54 Å². The smallest absolute Gasteiger partial charge is 0.0395 e. The number of anilines is 1. The monoisotopic (exact) mass is 204 g/mol. The maximum Gasteiger partial charge on any atom is 0.0395 e. The molecule has 0 spiro atoms. The van der Waals surface area contributed by atoms with E-state index in [1.165, 1.54) is 11.3 Å². The summed E-state index contributed by atoms with van der Waals surface area (Å²) in [4.78, 5) is 2.45. The molecule has 0 unspecified atom stereocenters. The summed E-state index contributed by atoms with van der Waals surface area (Å²) in [5.74, 6) is 0. The van der Waals surface area contributed by atoms with Crippen molar-refractivity contribution < 1.29 is 0 Å². The van der Waals surface area contributed by atoms with Gasteiger partial charge in [0.05, 0.1) is 0 Å². The van der Waals surface area contributed by atoms with Crippen molar-refractivity contribution in [2.24, 2.45) is 5.73 Å². The number of nitrogens with two attached hydrogens (primary N) is 1. The number of aryl methyl sites for hydroxylation is 1. The second-order valence-electron chi connectivity index (χ2n) is 4.93. The Hall–Kier alpha value is -1.02. The van der Waals surface area contributed by atoms with Crippen molar-refractivity contribution in [3.8, 4) is 0 Å². The molecule has 0 aromatic heterocycles. The molecule has 2 nitrogen and oxygen atoms in total. The molecule has 1 aliphatic rings. The molecule has 15 heavy (non-hydrogen) atoms. The zero-order chi connectivity index (χ0) is 10.9. The van der Waals surface area contributed by atoms with Gasteiger partial charge in [-0.25, -0.2) is 0 Å². The lowest BCUT2D eigenvalue weighted by molar-refractivity contribution is 0.364. The average molecular weight is 204 g/mol. The maximum atomic E-state index is 6.13. The van der Waals surface area contributed by atoms with Crippen molar-refractivity contribution in [2.45, 2.75) is 32.2 Å². The van der Waals surface area contributed by atoms with Crippen LogP contribution in [0.4, 0.5) is 5.69 Å². The summed E-state index contributed by atoms with van der Waals surface area (Å²) in [6, 6.07) is 8.58. The van der Waals surface area contributed by atoms with Gasteiger partial charge < -0.3 is 10.6 Å². The highest BCUT2D eigenvalue weighted by Gasteiger charge is 2.26. The maximum absolute atomic E-state index is 6.13. The van der Waals surface area contributed by atoms with Crippen LogP contribution in [0.5, 0.6) is 0 Å². The van der Waals surface area contributed by atoms with E-state index in [1.54, 1.807) is 0 Å². The predicted molar refractivity (Wildman–Crippen MR) is 65.2 cm³/mol. The Bertz CT molecular complexity index is 334. The van der Waals surface area contributed by atoms with Crippen LogP contribution < -0.4 is 10.6 Å². The molecular weight excluding hydrogens is 184 g/mol. The van der Waals surface area contributed by atoms with E-state index >= 15 is 0 Å². The minimum atomic E-state index is 0.0409. The second kappa shape index (κ2) is 3.86. The van der Waals surface area contributed by atoms with Gasteiger partial charge in [-0.2, -0.15) is 0 Å². The summed E-state index contributed by atoms with van der Waals surface area (Å²) in [6.07, 6.45) is 2.17. The van der Waals surface area contributed by atoms with Gasteiger partial charge >= 0.3 is 0 Å². The van der Waals surface area contributed by atoms with Crippen molar-refractivity contribution >= 4 is 5.69 Å². The molecule has 1 aliphatic heterocycles. The third-order valence-electron chi connectivity index (χ3n) is 3.36. The molecule has 0 saturated carbocycles. The van der Waals surface area contributed by atoms with Crippen LogP contribution in [0.3, 0.4) is 0 Å². The van der Waals surface area contributed by atoms with E-state index < -0.39 is 0 Å². The Labute approximate surface area is 92.1 Å². The highest BCUT2D eigenvalue weighted by atomic mass is 15.1. The van der Waals surface area contributed by atoms with Crippen molar-refractivity contribution in [3.05, 3.63) is 29.8 Å². The highest BCUT2D eigenvalue weighted by Crippen LogP contribution is 2.26. The third kappa shape index (κ3) is 2.32. The molecule has 2 rings (SSSR count). The molecule has 0 amide bonds. The second-order valence-corrected chi connectivity index (χ2v) is 4.93. The van der Waals surface area contributed by atoms with Gasteiger partial charge in [-0.3, -0.25) is 0 Å². The topological polar surface area (TPSA) is 29.3 Å². The number of nitrogens with zero attached hydrogens (tertiary/aromatic N) is 1. The standard InChI is InChI=1S/C13H20N2/c1-11-5-3-4-6-12(11)15-9-7-13(2,14)8-10-15/h3-6H,7-10,14H2,1-2H3. The first kappa shape index (κ1) is 10.5. The predicted octanol–water partition coefficient (Wildman–Crippen LogP) is 2.31. The zero-order valence-electron chi connectivity index (χ0n) is 9.66. The summed E-state index contributed by atoms with van der Waals surface area (Å²) in [6.45, 7) is 6.49. The average Bonchev–Trinajstić information content (AvgIpc) is 2.19. The van der Waals surface area contributed by atoms with Crippen LogP contribution in [0, 0.1) is 6.92 Å². The van der Waals surface area contributed by atoms with Gasteiger partial charge in [0, 0.05) is 24.3 Å². The van der Waals surface area contributed by atoms with Crippen LogP contribution in [0.1, 0.15) is 25.3 Å². The quantitative estimate of drug-likeness (QED) is 0.760. The lowest BCUT2D eigenvalue weighted by Gasteiger charge is -2.38. The molecule has 1 aromatic rings. The molecule has 82 valence electrons. The molecule has 0 atom stereocenters. The Morgan fingerprint density at radius 1 is 1.20 bits per heavy atom. The molecule has 2 N–H and O–H groups in total. The van der Waals surface area contributed by atoms with E-state index in [9.17, 15) is 0 Å². The summed E-state index contributed by atoms with van der Waals surface area (Å²) >= 11 is 0. The summed E-state index contributed by atoms with van der Waals surface area (Å²) in [5, 5.41) is 0. The van der Waals surface area contributed by atoms with E-state index in [4.69, 9.17) is 5.73 Å². The molecule has 1 saturated heterocycles. The van der Waals surface area contributed by atoms with E-state index in [2.05, 4.69) is 43.0 Å². The fraction of sp³-hybridized carbons (Fsp3) is 0.538. The third-order valence-corrected chi connectivity index (χ3v) is 3.36. The van der Waals surface area contributed by atoms with E-state index in [1.807, 2.05) is 0 Å². The van der Waals surface area contributed by atoms with Crippen LogP contribution in [-0.4, -0.2) is 18.6 Å². The Kier molecular flexibility index (Phi) is 2.70. The molecule has 0 aliphatic carbocycles. The van der Waals surface area contributed by atoms with Gasteiger partial charge in [0.2, 0.25) is 0 Å². The van der Waals surface area contributed by atoms with Gasteiger partial charge in [0.1, 0.15) is 0 Å². The minimum Gasteiger partial charge on any atom is -0.371 e. The van der Waals surface area contributed by atoms with Gasteiger partial charge in [0.15, 0.2) is 0 Å². The summed E-state index contributed by atoms with van der Waals surface area (Å²) < 4.78 is 0. The fourth-order valence-electron chi connectivity index (χ4n) is 2.18. The number of benzene rings is 1. The number of rotatable bonds is 1. The number of hydrogen-bond acceptors (Lipinski definition) is 2. The van der Waals surface area contributed by atoms with Crippen LogP contribution >= 0.6 is 0 Å². The van der Waals surface area contributed by atoms with Gasteiger partial charge in [-0.15, -0.1) is 0 Å². The first-order valence-corrected chi connectivity index (χ1v) is 5.68. The molecular formula is C13H20N2. The molecule has 1 heterocycles.